The van der Waals surface area contributed by atoms with Gasteiger partial charge in [-0.25, -0.2) is 0 Å². The van der Waals surface area contributed by atoms with Gasteiger partial charge in [-0.15, -0.1) is 0 Å². The van der Waals surface area contributed by atoms with Crippen molar-refractivity contribution in [2.75, 3.05) is 0 Å². The number of aromatic nitrogens is 2. The van der Waals surface area contributed by atoms with Gasteiger partial charge < -0.3 is 0 Å². The molecule has 132 valence electrons. The number of Topliss-reactive ketones (excluding diaryl/α,β-unsaturated/α-hetero) is 1. The molecule has 1 fully saturated rings. The van der Waals surface area contributed by atoms with Crippen LogP contribution in [0.3, 0.4) is 0 Å². The summed E-state index contributed by atoms with van der Waals surface area (Å²) in [6.45, 7) is 4.26. The lowest BCUT2D eigenvalue weighted by molar-refractivity contribution is -0.120. The number of carbonyl (C=O) groups excluding carboxylic acids is 1. The zero-order valence-corrected chi connectivity index (χ0v) is 15.5. The summed E-state index contributed by atoms with van der Waals surface area (Å²) in [5.41, 5.74) is 3.78. The fourth-order valence-electron chi connectivity index (χ4n) is 4.98. The Morgan fingerprint density at radius 3 is 2.84 bits per heavy atom. The minimum absolute atomic E-state index is 0.458. The smallest absolute Gasteiger partial charge is 0.133 e. The first-order valence-electron chi connectivity index (χ1n) is 9.65. The van der Waals surface area contributed by atoms with E-state index in [-0.39, 0.29) is 0 Å². The third-order valence-corrected chi connectivity index (χ3v) is 5.96. The van der Waals surface area contributed by atoms with Crippen molar-refractivity contribution < 1.29 is 4.79 Å². The van der Waals surface area contributed by atoms with E-state index in [0.29, 0.717) is 29.5 Å². The maximum absolute atomic E-state index is 12.1. The number of aryl methyl sites for hydroxylation is 1. The van der Waals surface area contributed by atoms with E-state index in [1.165, 1.54) is 35.0 Å². The van der Waals surface area contributed by atoms with Gasteiger partial charge in [0.1, 0.15) is 5.78 Å². The Hall–Kier alpha value is -1.90. The Morgan fingerprint density at radius 1 is 1.28 bits per heavy atom. The van der Waals surface area contributed by atoms with Crippen LogP contribution in [0.5, 0.6) is 0 Å². The fourth-order valence-corrected chi connectivity index (χ4v) is 4.98. The number of hydrogen-bond donors (Lipinski definition) is 0. The molecule has 1 heterocycles. The van der Waals surface area contributed by atoms with Crippen molar-refractivity contribution >= 4 is 22.3 Å². The van der Waals surface area contributed by atoms with Gasteiger partial charge in [0, 0.05) is 25.3 Å². The molecule has 2 aliphatic carbocycles. The van der Waals surface area contributed by atoms with Gasteiger partial charge in [0.05, 0.1) is 11.2 Å². The molecule has 3 atom stereocenters. The lowest BCUT2D eigenvalue weighted by atomic mass is 9.93. The van der Waals surface area contributed by atoms with E-state index in [2.05, 4.69) is 44.2 Å². The van der Waals surface area contributed by atoms with Crippen LogP contribution in [0.4, 0.5) is 0 Å². The zero-order valence-electron chi connectivity index (χ0n) is 15.5. The highest BCUT2D eigenvalue weighted by atomic mass is 16.1. The van der Waals surface area contributed by atoms with Gasteiger partial charge in [0.25, 0.3) is 0 Å². The second-order valence-corrected chi connectivity index (χ2v) is 8.49. The van der Waals surface area contributed by atoms with E-state index in [4.69, 9.17) is 5.10 Å². The molecule has 2 aliphatic rings. The van der Waals surface area contributed by atoms with E-state index >= 15 is 0 Å². The molecule has 0 radical (unpaired) electrons. The average Bonchev–Trinajstić information content (AvgIpc) is 3.18. The van der Waals surface area contributed by atoms with Crippen LogP contribution in [0, 0.1) is 23.7 Å². The summed E-state index contributed by atoms with van der Waals surface area (Å²) in [4.78, 5) is 12.1. The number of para-hydroxylation sites is 1. The lowest BCUT2D eigenvalue weighted by Gasteiger charge is -2.11. The van der Waals surface area contributed by atoms with Crippen LogP contribution in [0.1, 0.15) is 51.6 Å². The topological polar surface area (TPSA) is 34.9 Å². The lowest BCUT2D eigenvalue weighted by Crippen LogP contribution is -2.09. The van der Waals surface area contributed by atoms with Crippen LogP contribution in [0.25, 0.3) is 16.5 Å². The molecule has 25 heavy (non-hydrogen) atoms. The number of fused-ring (bicyclic) bond motifs is 2. The summed E-state index contributed by atoms with van der Waals surface area (Å²) >= 11 is 0. The van der Waals surface area contributed by atoms with Crippen molar-refractivity contribution in [2.45, 2.75) is 46.0 Å². The Labute approximate surface area is 150 Å². The third kappa shape index (κ3) is 3.17. The standard InChI is InChI=1S/C22H28N2O/c1-14(2)8-19(25)11-15-9-16-12-18(13-17(16)10-15)22-20-6-4-5-7-21(20)24(3)23-22/h4-7,12,14-17H,8-11,13H2,1-3H3/t15-,16-,17+/m0/s1. The molecule has 0 N–H and O–H groups in total. The van der Waals surface area contributed by atoms with E-state index < -0.39 is 0 Å². The van der Waals surface area contributed by atoms with Crippen molar-refractivity contribution in [3.8, 4) is 0 Å². The largest absolute Gasteiger partial charge is 0.300 e. The minimum Gasteiger partial charge on any atom is -0.300 e. The molecule has 0 saturated heterocycles. The Kier molecular flexibility index (Phi) is 4.26. The molecular formula is C22H28N2O. The Balaban J connectivity index is 1.48. The molecule has 1 saturated carbocycles. The average molecular weight is 336 g/mol. The molecule has 3 nitrogen and oxygen atoms in total. The first kappa shape index (κ1) is 16.6. The normalized spacial score (nSPS) is 25.6. The predicted molar refractivity (Wildman–Crippen MR) is 102 cm³/mol. The maximum atomic E-state index is 12.1. The first-order chi connectivity index (χ1) is 12.0. The quantitative estimate of drug-likeness (QED) is 0.769. The number of allylic oxidation sites excluding steroid dienone is 2. The zero-order chi connectivity index (χ0) is 17.6. The van der Waals surface area contributed by atoms with Crippen LogP contribution < -0.4 is 0 Å². The van der Waals surface area contributed by atoms with Crippen LogP contribution in [0.15, 0.2) is 30.3 Å². The van der Waals surface area contributed by atoms with Crippen LogP contribution >= 0.6 is 0 Å². The van der Waals surface area contributed by atoms with E-state index in [0.717, 1.165) is 19.3 Å². The van der Waals surface area contributed by atoms with Crippen molar-refractivity contribution in [3.63, 3.8) is 0 Å². The molecule has 2 aromatic rings. The predicted octanol–water partition coefficient (Wildman–Crippen LogP) is 5.01. The van der Waals surface area contributed by atoms with Gasteiger partial charge in [0.2, 0.25) is 0 Å². The number of rotatable bonds is 5. The summed E-state index contributed by atoms with van der Waals surface area (Å²) in [5, 5.41) is 6.06. The Morgan fingerprint density at radius 2 is 2.08 bits per heavy atom. The highest BCUT2D eigenvalue weighted by molar-refractivity contribution is 5.91. The highest BCUT2D eigenvalue weighted by Crippen LogP contribution is 2.49. The maximum Gasteiger partial charge on any atom is 0.133 e. The van der Waals surface area contributed by atoms with E-state index in [1.807, 2.05) is 11.7 Å². The van der Waals surface area contributed by atoms with Crippen molar-refractivity contribution in [2.24, 2.45) is 30.7 Å². The van der Waals surface area contributed by atoms with Gasteiger partial charge in [-0.05, 0) is 54.6 Å². The van der Waals surface area contributed by atoms with Gasteiger partial charge >= 0.3 is 0 Å². The molecule has 0 amide bonds. The summed E-state index contributed by atoms with van der Waals surface area (Å²) in [5.74, 6) is 2.90. The number of carbonyl (C=O) groups is 1. The summed E-state index contributed by atoms with van der Waals surface area (Å²) < 4.78 is 1.99. The molecule has 3 heteroatoms. The monoisotopic (exact) mass is 336 g/mol. The number of hydrogen-bond acceptors (Lipinski definition) is 2. The number of ketones is 1. The van der Waals surface area contributed by atoms with Crippen LogP contribution in [-0.4, -0.2) is 15.6 Å². The third-order valence-electron chi connectivity index (χ3n) is 5.96. The molecule has 0 spiro atoms. The van der Waals surface area contributed by atoms with Gasteiger partial charge in [-0.2, -0.15) is 5.10 Å². The van der Waals surface area contributed by atoms with Crippen LogP contribution in [-0.2, 0) is 11.8 Å². The summed E-state index contributed by atoms with van der Waals surface area (Å²) in [6, 6.07) is 8.49. The molecule has 1 aromatic heterocycles. The van der Waals surface area contributed by atoms with Gasteiger partial charge in [-0.3, -0.25) is 9.48 Å². The SMILES string of the molecule is CC(C)CC(=O)C[C@@H]1C[C@@H]2CC(c3nn(C)c4ccccc34)=C[C@@H]2C1. The van der Waals surface area contributed by atoms with Gasteiger partial charge in [-0.1, -0.05) is 38.1 Å². The van der Waals surface area contributed by atoms with Crippen molar-refractivity contribution in [1.82, 2.24) is 9.78 Å². The molecule has 0 aliphatic heterocycles. The van der Waals surface area contributed by atoms with Crippen molar-refractivity contribution in [3.05, 3.63) is 36.0 Å². The second kappa shape index (κ2) is 6.44. The van der Waals surface area contributed by atoms with Crippen molar-refractivity contribution in [1.29, 1.82) is 0 Å². The molecular weight excluding hydrogens is 308 g/mol. The summed E-state index contributed by atoms with van der Waals surface area (Å²) in [7, 11) is 2.03. The molecule has 4 rings (SSSR count). The molecule has 1 aromatic carbocycles. The van der Waals surface area contributed by atoms with E-state index in [9.17, 15) is 4.79 Å². The fraction of sp³-hybridized carbons (Fsp3) is 0.545. The Bertz CT molecular complexity index is 830. The van der Waals surface area contributed by atoms with Gasteiger partial charge in [0.15, 0.2) is 0 Å². The molecule has 0 unspecified atom stereocenters. The number of benzene rings is 1. The van der Waals surface area contributed by atoms with E-state index in [1.54, 1.807) is 0 Å². The second-order valence-electron chi connectivity index (χ2n) is 8.49. The number of nitrogens with zero attached hydrogens (tertiary/aromatic N) is 2. The summed E-state index contributed by atoms with van der Waals surface area (Å²) in [6.07, 6.45) is 7.52. The first-order valence-corrected chi connectivity index (χ1v) is 9.65. The van der Waals surface area contributed by atoms with Crippen LogP contribution in [0.2, 0.25) is 0 Å². The highest BCUT2D eigenvalue weighted by Gasteiger charge is 2.38. The minimum atomic E-state index is 0.458. The molecule has 0 bridgehead atoms.